The predicted octanol–water partition coefficient (Wildman–Crippen LogP) is 8.07. The second-order valence-corrected chi connectivity index (χ2v) is 18.6. The Hall–Kier alpha value is -0.913. The van der Waals surface area contributed by atoms with Crippen LogP contribution >= 0.6 is 0 Å². The van der Waals surface area contributed by atoms with E-state index >= 15 is 0 Å². The van der Waals surface area contributed by atoms with E-state index in [0.29, 0.717) is 24.2 Å². The van der Waals surface area contributed by atoms with Gasteiger partial charge in [0.2, 0.25) is 0 Å². The Morgan fingerprint density at radius 2 is 1.81 bits per heavy atom. The van der Waals surface area contributed by atoms with Crippen molar-refractivity contribution < 1.29 is 19.1 Å². The summed E-state index contributed by atoms with van der Waals surface area (Å²) in [6.45, 7) is 24.0. The molecule has 0 aromatic heterocycles. The lowest BCUT2D eigenvalue weighted by Gasteiger charge is -2.44. The Morgan fingerprint density at radius 1 is 1.17 bits per heavy atom. The summed E-state index contributed by atoms with van der Waals surface area (Å²) in [6.07, 6.45) is 11.5. The Morgan fingerprint density at radius 3 is 2.36 bits per heavy atom. The van der Waals surface area contributed by atoms with E-state index in [1.807, 2.05) is 20.8 Å². The maximum absolute atomic E-state index is 13.0. The molecular formula is C31H56O4Si. The second kappa shape index (κ2) is 12.3. The summed E-state index contributed by atoms with van der Waals surface area (Å²) < 4.78 is 12.9. The number of hydrogen-bond acceptors (Lipinski definition) is 4. The van der Waals surface area contributed by atoms with Gasteiger partial charge in [-0.1, -0.05) is 66.7 Å². The van der Waals surface area contributed by atoms with E-state index in [4.69, 9.17) is 9.16 Å². The van der Waals surface area contributed by atoms with Crippen LogP contribution in [-0.2, 0) is 14.0 Å². The molecular weight excluding hydrogens is 464 g/mol. The molecule has 0 radical (unpaired) electrons. The van der Waals surface area contributed by atoms with E-state index in [2.05, 4.69) is 72.9 Å². The number of rotatable bonds is 11. The molecule has 0 saturated carbocycles. The number of aliphatic hydroxyl groups is 1. The van der Waals surface area contributed by atoms with Crippen LogP contribution < -0.4 is 0 Å². The summed E-state index contributed by atoms with van der Waals surface area (Å²) in [7, 11) is -1.87. The first-order valence-electron chi connectivity index (χ1n) is 14.5. The zero-order valence-corrected chi connectivity index (χ0v) is 26.2. The molecule has 0 spiro atoms. The van der Waals surface area contributed by atoms with Crippen LogP contribution in [0.2, 0.25) is 18.1 Å². The molecule has 2 aliphatic carbocycles. The lowest BCUT2D eigenvalue weighted by atomic mass is 9.65. The van der Waals surface area contributed by atoms with Gasteiger partial charge < -0.3 is 14.3 Å². The summed E-state index contributed by atoms with van der Waals surface area (Å²) in [6, 6.07) is 0. The third-order valence-corrected chi connectivity index (χ3v) is 13.9. The van der Waals surface area contributed by atoms with Crippen molar-refractivity contribution in [3.8, 4) is 0 Å². The number of carbonyl (C=O) groups is 1. The van der Waals surface area contributed by atoms with Gasteiger partial charge in [-0.05, 0) is 93.8 Å². The first-order valence-corrected chi connectivity index (χ1v) is 17.4. The van der Waals surface area contributed by atoms with Crippen LogP contribution in [0.25, 0.3) is 0 Å². The first kappa shape index (κ1) is 31.3. The molecule has 5 heteroatoms. The molecule has 0 bridgehead atoms. The van der Waals surface area contributed by atoms with Gasteiger partial charge in [0.1, 0.15) is 6.10 Å². The normalized spacial score (nSPS) is 28.8. The molecule has 1 N–H and O–H groups in total. The van der Waals surface area contributed by atoms with Crippen molar-refractivity contribution in [2.24, 2.45) is 29.1 Å². The van der Waals surface area contributed by atoms with E-state index in [-0.39, 0.29) is 35.2 Å². The number of allylic oxidation sites excluding steroid dienone is 3. The number of esters is 1. The SMILES string of the molecule is CC[C@@H](C[C@@H](O)CC[C@@H]1[C@@H]2C(=C[C@H](C)C[C@@H]2OC(=O)C(C)(C)CC)C=C[C@@H]1C)O[Si](C)(C)C(C)(C)C. The molecule has 208 valence electrons. The minimum absolute atomic E-state index is 0.0852. The highest BCUT2D eigenvalue weighted by molar-refractivity contribution is 6.74. The highest BCUT2D eigenvalue weighted by atomic mass is 28.4. The maximum Gasteiger partial charge on any atom is 0.311 e. The summed E-state index contributed by atoms with van der Waals surface area (Å²) in [5.41, 5.74) is 0.845. The van der Waals surface area contributed by atoms with Gasteiger partial charge in [-0.3, -0.25) is 4.79 Å². The Bertz CT molecular complexity index is 791. The van der Waals surface area contributed by atoms with Crippen LogP contribution in [0.1, 0.15) is 101 Å². The predicted molar refractivity (Wildman–Crippen MR) is 153 cm³/mol. The molecule has 2 aliphatic rings. The van der Waals surface area contributed by atoms with Crippen molar-refractivity contribution in [1.82, 2.24) is 0 Å². The standard InChI is InChI=1S/C31H56O4Si/c1-12-25(35-36(10,11)30(5,6)7)20-24(32)16-17-26-22(4)14-15-23-18-21(3)19-27(28(23)26)34-29(33)31(8,9)13-2/h14-15,18,21-22,24-28,32H,12-13,16-17,19-20H2,1-11H3/t21-,22-,24-,25-,26-,27-,28-/m0/s1. The van der Waals surface area contributed by atoms with Crippen LogP contribution in [0.4, 0.5) is 0 Å². The molecule has 0 fully saturated rings. The largest absolute Gasteiger partial charge is 0.461 e. The molecule has 0 amide bonds. The lowest BCUT2D eigenvalue weighted by molar-refractivity contribution is -0.164. The van der Waals surface area contributed by atoms with Gasteiger partial charge >= 0.3 is 5.97 Å². The fraction of sp³-hybridized carbons (Fsp3) is 0.839. The number of aliphatic hydroxyl groups excluding tert-OH is 1. The maximum atomic E-state index is 13.0. The molecule has 4 nitrogen and oxygen atoms in total. The monoisotopic (exact) mass is 520 g/mol. The van der Waals surface area contributed by atoms with Gasteiger partial charge in [0, 0.05) is 12.0 Å². The molecule has 2 rings (SSSR count). The molecule has 7 atom stereocenters. The fourth-order valence-corrected chi connectivity index (χ4v) is 6.81. The average molecular weight is 521 g/mol. The topological polar surface area (TPSA) is 55.8 Å². The average Bonchev–Trinajstić information content (AvgIpc) is 2.76. The van der Waals surface area contributed by atoms with E-state index < -0.39 is 13.7 Å². The molecule has 0 heterocycles. The van der Waals surface area contributed by atoms with Crippen molar-refractivity contribution in [3.05, 3.63) is 23.8 Å². The van der Waals surface area contributed by atoms with Crippen LogP contribution in [0.15, 0.2) is 23.8 Å². The summed E-state index contributed by atoms with van der Waals surface area (Å²) >= 11 is 0. The van der Waals surface area contributed by atoms with E-state index in [1.165, 1.54) is 5.57 Å². The van der Waals surface area contributed by atoms with Crippen LogP contribution in [0.5, 0.6) is 0 Å². The van der Waals surface area contributed by atoms with Crippen LogP contribution in [-0.4, -0.2) is 37.7 Å². The molecule has 0 aromatic carbocycles. The van der Waals surface area contributed by atoms with Gasteiger partial charge in [0.05, 0.1) is 11.5 Å². The summed E-state index contributed by atoms with van der Waals surface area (Å²) in [5, 5.41) is 11.2. The lowest BCUT2D eigenvalue weighted by Crippen LogP contribution is -2.44. The first-order chi connectivity index (χ1) is 16.5. The minimum atomic E-state index is -1.87. The van der Waals surface area contributed by atoms with Crippen molar-refractivity contribution in [3.63, 3.8) is 0 Å². The summed E-state index contributed by atoms with van der Waals surface area (Å²) in [5.74, 6) is 1.25. The minimum Gasteiger partial charge on any atom is -0.461 e. The van der Waals surface area contributed by atoms with Gasteiger partial charge in [0.15, 0.2) is 8.32 Å². The third kappa shape index (κ3) is 7.80. The number of carbonyl (C=O) groups excluding carboxylic acids is 1. The van der Waals surface area contributed by atoms with Crippen LogP contribution in [0.3, 0.4) is 0 Å². The smallest absolute Gasteiger partial charge is 0.311 e. The van der Waals surface area contributed by atoms with E-state index in [0.717, 1.165) is 32.1 Å². The molecule has 0 aliphatic heterocycles. The van der Waals surface area contributed by atoms with Crippen molar-refractivity contribution in [1.29, 1.82) is 0 Å². The van der Waals surface area contributed by atoms with Crippen molar-refractivity contribution in [2.75, 3.05) is 0 Å². The quantitative estimate of drug-likeness (QED) is 0.221. The molecule has 36 heavy (non-hydrogen) atoms. The fourth-order valence-electron chi connectivity index (χ4n) is 5.36. The Balaban J connectivity index is 2.12. The van der Waals surface area contributed by atoms with Gasteiger partial charge in [-0.25, -0.2) is 0 Å². The van der Waals surface area contributed by atoms with Gasteiger partial charge in [-0.2, -0.15) is 0 Å². The second-order valence-electron chi connectivity index (χ2n) is 13.8. The molecule has 0 saturated heterocycles. The number of ether oxygens (including phenoxy) is 1. The molecule has 0 aromatic rings. The zero-order valence-electron chi connectivity index (χ0n) is 25.2. The molecule has 0 unspecified atom stereocenters. The highest BCUT2D eigenvalue weighted by Crippen LogP contribution is 2.45. The van der Waals surface area contributed by atoms with Crippen molar-refractivity contribution in [2.45, 2.75) is 137 Å². The van der Waals surface area contributed by atoms with E-state index in [1.54, 1.807) is 0 Å². The Labute approximate surface area is 223 Å². The number of hydrogen-bond donors (Lipinski definition) is 1. The Kier molecular flexibility index (Phi) is 10.7. The van der Waals surface area contributed by atoms with Gasteiger partial charge in [0.25, 0.3) is 0 Å². The number of fused-ring (bicyclic) bond motifs is 1. The van der Waals surface area contributed by atoms with Crippen molar-refractivity contribution >= 4 is 14.3 Å². The zero-order chi connectivity index (χ0) is 27.5. The third-order valence-electron chi connectivity index (χ3n) is 9.38. The summed E-state index contributed by atoms with van der Waals surface area (Å²) in [4.78, 5) is 13.0. The van der Waals surface area contributed by atoms with E-state index in [9.17, 15) is 9.90 Å². The van der Waals surface area contributed by atoms with Crippen LogP contribution in [0, 0.1) is 29.1 Å². The van der Waals surface area contributed by atoms with Gasteiger partial charge in [-0.15, -0.1) is 0 Å². The highest BCUT2D eigenvalue weighted by Gasteiger charge is 2.43.